The lowest BCUT2D eigenvalue weighted by atomic mass is 10.0. The lowest BCUT2D eigenvalue weighted by molar-refractivity contribution is -0.141. The fourth-order valence-corrected chi connectivity index (χ4v) is 6.33. The van der Waals surface area contributed by atoms with Gasteiger partial charge in [-0.2, -0.15) is 0 Å². The molecule has 0 aliphatic rings. The molecule has 1 N–H and O–H groups in total. The second-order valence-corrected chi connectivity index (χ2v) is 13.7. The number of aryl methyl sites for hydroxylation is 3. The van der Waals surface area contributed by atoms with Gasteiger partial charge >= 0.3 is 0 Å². The fourth-order valence-electron chi connectivity index (χ4n) is 4.63. The van der Waals surface area contributed by atoms with E-state index in [1.807, 2.05) is 65.8 Å². The molecule has 0 spiro atoms. The molecule has 0 radical (unpaired) electrons. The van der Waals surface area contributed by atoms with Crippen LogP contribution in [0.15, 0.2) is 71.6 Å². The van der Waals surface area contributed by atoms with E-state index in [1.54, 1.807) is 37.3 Å². The van der Waals surface area contributed by atoms with Crippen molar-refractivity contribution >= 4 is 39.1 Å². The molecule has 1 atom stereocenters. The topological polar surface area (TPSA) is 86.8 Å². The minimum atomic E-state index is -4.15. The van der Waals surface area contributed by atoms with Crippen molar-refractivity contribution in [3.63, 3.8) is 0 Å². The second-order valence-electron chi connectivity index (χ2n) is 11.4. The van der Waals surface area contributed by atoms with Gasteiger partial charge in [-0.3, -0.25) is 13.9 Å². The predicted octanol–water partition coefficient (Wildman–Crippen LogP) is 6.18. The Morgan fingerprint density at radius 3 is 2.15 bits per heavy atom. The Hall–Kier alpha value is -3.36. The summed E-state index contributed by atoms with van der Waals surface area (Å²) in [7, 11) is -4.15. The van der Waals surface area contributed by atoms with Crippen molar-refractivity contribution in [2.24, 2.45) is 0 Å². The third kappa shape index (κ3) is 8.33. The number of nitrogens with one attached hydrogen (secondary N) is 1. The third-order valence-corrected chi connectivity index (χ3v) is 8.64. The summed E-state index contributed by atoms with van der Waals surface area (Å²) in [5.41, 5.74) is 3.20. The fraction of sp³-hybridized carbons (Fsp3) is 0.375. The van der Waals surface area contributed by atoms with Crippen molar-refractivity contribution < 1.29 is 18.0 Å². The number of carbonyl (C=O) groups is 2. The average molecular weight is 598 g/mol. The Morgan fingerprint density at radius 1 is 0.927 bits per heavy atom. The molecule has 1 unspecified atom stereocenters. The van der Waals surface area contributed by atoms with Crippen molar-refractivity contribution in [1.82, 2.24) is 10.2 Å². The number of sulfonamides is 1. The molecule has 220 valence electrons. The maximum Gasteiger partial charge on any atom is 0.264 e. The molecule has 7 nitrogen and oxygen atoms in total. The van der Waals surface area contributed by atoms with Crippen LogP contribution in [0.4, 0.5) is 5.69 Å². The maximum absolute atomic E-state index is 14.2. The molecule has 0 bridgehead atoms. The van der Waals surface area contributed by atoms with Crippen LogP contribution in [0.3, 0.4) is 0 Å². The number of hydrogen-bond donors (Lipinski definition) is 1. The highest BCUT2D eigenvalue weighted by Gasteiger charge is 2.35. The molecule has 0 aliphatic heterocycles. The monoisotopic (exact) mass is 597 g/mol. The van der Waals surface area contributed by atoms with E-state index in [0.29, 0.717) is 22.7 Å². The van der Waals surface area contributed by atoms with E-state index >= 15 is 0 Å². The zero-order valence-corrected chi connectivity index (χ0v) is 26.4. The van der Waals surface area contributed by atoms with Gasteiger partial charge in [0, 0.05) is 17.1 Å². The maximum atomic E-state index is 14.2. The first-order valence-electron chi connectivity index (χ1n) is 13.6. The van der Waals surface area contributed by atoms with Crippen LogP contribution in [0.2, 0.25) is 5.02 Å². The van der Waals surface area contributed by atoms with Crippen molar-refractivity contribution in [3.8, 4) is 0 Å². The van der Waals surface area contributed by atoms with Gasteiger partial charge in [-0.15, -0.1) is 0 Å². The third-order valence-electron chi connectivity index (χ3n) is 6.63. The normalized spacial score (nSPS) is 12.5. The quantitative estimate of drug-likeness (QED) is 0.302. The number of benzene rings is 3. The van der Waals surface area contributed by atoms with Gasteiger partial charge in [0.05, 0.1) is 10.6 Å². The average Bonchev–Trinajstić information content (AvgIpc) is 2.86. The van der Waals surface area contributed by atoms with Gasteiger partial charge in [0.2, 0.25) is 11.8 Å². The number of halogens is 1. The summed E-state index contributed by atoms with van der Waals surface area (Å²) < 4.78 is 29.2. The molecule has 3 rings (SSSR count). The molecule has 0 aromatic heterocycles. The highest BCUT2D eigenvalue weighted by atomic mass is 35.5. The molecule has 3 aromatic rings. The molecule has 9 heteroatoms. The Bertz CT molecular complexity index is 1500. The molecule has 41 heavy (non-hydrogen) atoms. The molecule has 0 fully saturated rings. The van der Waals surface area contributed by atoms with Crippen LogP contribution in [0.25, 0.3) is 0 Å². The number of rotatable bonds is 10. The van der Waals surface area contributed by atoms with Crippen LogP contribution in [-0.4, -0.2) is 43.3 Å². The largest absolute Gasteiger partial charge is 0.350 e. The van der Waals surface area contributed by atoms with E-state index < -0.39 is 34.1 Å². The van der Waals surface area contributed by atoms with Crippen LogP contribution >= 0.6 is 11.6 Å². The Labute approximate surface area is 249 Å². The zero-order valence-electron chi connectivity index (χ0n) is 24.9. The van der Waals surface area contributed by atoms with Gasteiger partial charge in [-0.25, -0.2) is 8.42 Å². The minimum absolute atomic E-state index is 0.0630. The summed E-state index contributed by atoms with van der Waals surface area (Å²) in [6, 6.07) is 18.3. The van der Waals surface area contributed by atoms with E-state index in [2.05, 4.69) is 5.32 Å². The summed E-state index contributed by atoms with van der Waals surface area (Å²) in [4.78, 5) is 29.2. The first-order valence-corrected chi connectivity index (χ1v) is 15.5. The summed E-state index contributed by atoms with van der Waals surface area (Å²) in [6.45, 7) is 12.7. The molecular formula is C32H40ClN3O4S. The molecule has 0 saturated carbocycles. The van der Waals surface area contributed by atoms with Crippen LogP contribution in [0.5, 0.6) is 0 Å². The SMILES string of the molecule is CCC(C(=O)NC(C)(C)C)N(Cc1cccc(C)c1)C(=O)CN(c1ccc(Cl)cc1C)S(=O)(=O)c1ccc(C)cc1. The standard InChI is InChI=1S/C32H40ClN3O4S/c1-8-28(31(38)34-32(5,6)7)35(20-25-11-9-10-23(3)18-25)30(37)21-36(29-17-14-26(33)19-24(29)4)41(39,40)27-15-12-22(2)13-16-27/h9-19,28H,8,20-21H2,1-7H3,(H,34,38). The van der Waals surface area contributed by atoms with Gasteiger partial charge in [-0.05, 0) is 89.4 Å². The van der Waals surface area contributed by atoms with Crippen molar-refractivity contribution in [3.05, 3.63) is 94.0 Å². The van der Waals surface area contributed by atoms with Gasteiger partial charge in [0.1, 0.15) is 12.6 Å². The van der Waals surface area contributed by atoms with Crippen molar-refractivity contribution in [1.29, 1.82) is 0 Å². The van der Waals surface area contributed by atoms with E-state index in [9.17, 15) is 18.0 Å². The van der Waals surface area contributed by atoms with Crippen molar-refractivity contribution in [2.75, 3.05) is 10.8 Å². The number of carbonyl (C=O) groups excluding carboxylic acids is 2. The molecule has 3 aromatic carbocycles. The molecular weight excluding hydrogens is 558 g/mol. The molecule has 0 aliphatic carbocycles. The lowest BCUT2D eigenvalue weighted by Gasteiger charge is -2.35. The van der Waals surface area contributed by atoms with E-state index in [4.69, 9.17) is 11.6 Å². The minimum Gasteiger partial charge on any atom is -0.350 e. The predicted molar refractivity (Wildman–Crippen MR) is 166 cm³/mol. The highest BCUT2D eigenvalue weighted by molar-refractivity contribution is 7.92. The Kier molecular flexibility index (Phi) is 10.3. The number of anilines is 1. The van der Waals surface area contributed by atoms with Crippen LogP contribution in [-0.2, 0) is 26.2 Å². The zero-order chi connectivity index (χ0) is 30.5. The highest BCUT2D eigenvalue weighted by Crippen LogP contribution is 2.30. The first kappa shape index (κ1) is 32.2. The number of amides is 2. The molecule has 0 heterocycles. The lowest BCUT2D eigenvalue weighted by Crippen LogP contribution is -2.55. The Morgan fingerprint density at radius 2 is 1.59 bits per heavy atom. The molecule has 0 saturated heterocycles. The second kappa shape index (κ2) is 13.1. The van der Waals surface area contributed by atoms with Gasteiger partial charge < -0.3 is 10.2 Å². The van der Waals surface area contributed by atoms with Gasteiger partial charge in [-0.1, -0.05) is 66.0 Å². The first-order chi connectivity index (χ1) is 19.1. The van der Waals surface area contributed by atoms with Crippen LogP contribution < -0.4 is 9.62 Å². The summed E-state index contributed by atoms with van der Waals surface area (Å²) >= 11 is 6.19. The summed E-state index contributed by atoms with van der Waals surface area (Å²) in [5, 5.41) is 3.44. The molecule has 2 amide bonds. The van der Waals surface area contributed by atoms with Crippen LogP contribution in [0.1, 0.15) is 56.4 Å². The summed E-state index contributed by atoms with van der Waals surface area (Å²) in [6.07, 6.45) is 0.351. The number of nitrogens with zero attached hydrogens (tertiary/aromatic N) is 2. The Balaban J connectivity index is 2.11. The van der Waals surface area contributed by atoms with Gasteiger partial charge in [0.25, 0.3) is 10.0 Å². The summed E-state index contributed by atoms with van der Waals surface area (Å²) in [5.74, 6) is -0.788. The van der Waals surface area contributed by atoms with E-state index in [-0.39, 0.29) is 17.3 Å². The van der Waals surface area contributed by atoms with E-state index in [1.165, 1.54) is 17.0 Å². The van der Waals surface area contributed by atoms with Crippen molar-refractivity contribution in [2.45, 2.75) is 77.9 Å². The van der Waals surface area contributed by atoms with E-state index in [0.717, 1.165) is 21.0 Å². The number of hydrogen-bond acceptors (Lipinski definition) is 4. The smallest absolute Gasteiger partial charge is 0.264 e. The van der Waals surface area contributed by atoms with Crippen LogP contribution in [0, 0.1) is 20.8 Å². The van der Waals surface area contributed by atoms with Gasteiger partial charge in [0.15, 0.2) is 0 Å².